The lowest BCUT2D eigenvalue weighted by molar-refractivity contribution is 0.578. The van der Waals surface area contributed by atoms with Crippen molar-refractivity contribution < 1.29 is 0 Å². The van der Waals surface area contributed by atoms with Crippen LogP contribution >= 0.6 is 11.6 Å². The molecule has 0 spiro atoms. The summed E-state index contributed by atoms with van der Waals surface area (Å²) in [4.78, 5) is 0. The first kappa shape index (κ1) is 12.7. The van der Waals surface area contributed by atoms with Gasteiger partial charge in [0.25, 0.3) is 0 Å². The van der Waals surface area contributed by atoms with Gasteiger partial charge < -0.3 is 0 Å². The molecule has 19 heavy (non-hydrogen) atoms. The molecule has 2 aromatic carbocycles. The summed E-state index contributed by atoms with van der Waals surface area (Å²) in [5.41, 5.74) is 5.53. The third-order valence-corrected chi connectivity index (χ3v) is 4.58. The number of fused-ring (bicyclic) bond motifs is 1. The van der Waals surface area contributed by atoms with Crippen LogP contribution in [0.1, 0.15) is 53.3 Å². The summed E-state index contributed by atoms with van der Waals surface area (Å²) in [7, 11) is 0. The first-order valence-electron chi connectivity index (χ1n) is 7.05. The molecule has 0 heterocycles. The van der Waals surface area contributed by atoms with Crippen molar-refractivity contribution >= 4 is 11.6 Å². The Morgan fingerprint density at radius 1 is 0.947 bits per heavy atom. The lowest BCUT2D eigenvalue weighted by atomic mass is 9.82. The molecule has 0 bridgehead atoms. The summed E-state index contributed by atoms with van der Waals surface area (Å²) in [5, 5.41) is 0.196. The van der Waals surface area contributed by atoms with Crippen LogP contribution in [-0.2, 0) is 6.42 Å². The van der Waals surface area contributed by atoms with Crippen LogP contribution in [0.15, 0.2) is 48.5 Å². The normalized spacial score (nSPS) is 22.0. The van der Waals surface area contributed by atoms with E-state index in [1.165, 1.54) is 28.7 Å². The van der Waals surface area contributed by atoms with Gasteiger partial charge >= 0.3 is 0 Å². The summed E-state index contributed by atoms with van der Waals surface area (Å²) < 4.78 is 0. The third-order valence-electron chi connectivity index (χ3n) is 4.12. The number of benzene rings is 2. The maximum Gasteiger partial charge on any atom is 0.0588 e. The molecule has 0 nitrogen and oxygen atoms in total. The Hall–Kier alpha value is -1.27. The summed E-state index contributed by atoms with van der Waals surface area (Å²) >= 11 is 6.49. The standard InChI is InChI=1S/C18H19Cl/c1-13-7-10-18(19)17-12-15(8-9-16(13)17)11-14-5-3-2-4-6-14/h2-6,8-9,12-13,18H,7,10-11H2,1H3. The average Bonchev–Trinajstić information content (AvgIpc) is 2.44. The van der Waals surface area contributed by atoms with Crippen molar-refractivity contribution in [3.8, 4) is 0 Å². The lowest BCUT2D eigenvalue weighted by Crippen LogP contribution is -2.09. The molecule has 0 saturated carbocycles. The molecule has 0 aromatic heterocycles. The van der Waals surface area contributed by atoms with Gasteiger partial charge in [-0.2, -0.15) is 0 Å². The molecular weight excluding hydrogens is 252 g/mol. The van der Waals surface area contributed by atoms with Crippen molar-refractivity contribution in [2.75, 3.05) is 0 Å². The van der Waals surface area contributed by atoms with Crippen molar-refractivity contribution in [2.24, 2.45) is 0 Å². The Bertz CT molecular complexity index is 559. The van der Waals surface area contributed by atoms with E-state index in [-0.39, 0.29) is 5.38 Å². The monoisotopic (exact) mass is 270 g/mol. The Kier molecular flexibility index (Phi) is 3.61. The van der Waals surface area contributed by atoms with E-state index in [1.807, 2.05) is 0 Å². The van der Waals surface area contributed by atoms with Crippen LogP contribution in [0.5, 0.6) is 0 Å². The van der Waals surface area contributed by atoms with Gasteiger partial charge in [0.15, 0.2) is 0 Å². The minimum absolute atomic E-state index is 0.196. The van der Waals surface area contributed by atoms with Gasteiger partial charge in [0.1, 0.15) is 0 Å². The van der Waals surface area contributed by atoms with E-state index in [0.29, 0.717) is 5.92 Å². The predicted molar refractivity (Wildman–Crippen MR) is 81.9 cm³/mol. The molecule has 2 aromatic rings. The van der Waals surface area contributed by atoms with Crippen molar-refractivity contribution in [3.63, 3.8) is 0 Å². The molecule has 1 aliphatic rings. The van der Waals surface area contributed by atoms with Crippen LogP contribution in [0.25, 0.3) is 0 Å². The second-order valence-corrected chi connectivity index (χ2v) is 6.10. The highest BCUT2D eigenvalue weighted by molar-refractivity contribution is 6.21. The minimum atomic E-state index is 0.196. The fraction of sp³-hybridized carbons (Fsp3) is 0.333. The van der Waals surface area contributed by atoms with Gasteiger partial charge in [0, 0.05) is 0 Å². The summed E-state index contributed by atoms with van der Waals surface area (Å²) in [6.07, 6.45) is 3.30. The molecule has 98 valence electrons. The predicted octanol–water partition coefficient (Wildman–Crippen LogP) is 5.45. The SMILES string of the molecule is CC1CCC(Cl)c2cc(Cc3ccccc3)ccc21. The molecule has 2 atom stereocenters. The van der Waals surface area contributed by atoms with E-state index in [0.717, 1.165) is 12.8 Å². The van der Waals surface area contributed by atoms with Crippen LogP contribution in [0.4, 0.5) is 0 Å². The number of halogens is 1. The zero-order valence-electron chi connectivity index (χ0n) is 11.3. The van der Waals surface area contributed by atoms with Gasteiger partial charge in [-0.3, -0.25) is 0 Å². The van der Waals surface area contributed by atoms with Crippen molar-refractivity contribution in [3.05, 3.63) is 70.8 Å². The molecule has 0 fully saturated rings. The van der Waals surface area contributed by atoms with Crippen LogP contribution in [0.3, 0.4) is 0 Å². The number of alkyl halides is 1. The van der Waals surface area contributed by atoms with Crippen molar-refractivity contribution in [1.82, 2.24) is 0 Å². The maximum absolute atomic E-state index is 6.49. The zero-order valence-corrected chi connectivity index (χ0v) is 12.0. The van der Waals surface area contributed by atoms with E-state index in [4.69, 9.17) is 11.6 Å². The van der Waals surface area contributed by atoms with Crippen LogP contribution in [0, 0.1) is 0 Å². The van der Waals surface area contributed by atoms with Crippen LogP contribution < -0.4 is 0 Å². The number of hydrogen-bond acceptors (Lipinski definition) is 0. The largest absolute Gasteiger partial charge is 0.118 e. The molecule has 0 aliphatic heterocycles. The van der Waals surface area contributed by atoms with Crippen molar-refractivity contribution in [1.29, 1.82) is 0 Å². The zero-order chi connectivity index (χ0) is 13.2. The molecule has 1 aliphatic carbocycles. The van der Waals surface area contributed by atoms with Gasteiger partial charge in [-0.05, 0) is 47.4 Å². The first-order valence-corrected chi connectivity index (χ1v) is 7.48. The Balaban J connectivity index is 1.91. The lowest BCUT2D eigenvalue weighted by Gasteiger charge is -2.26. The molecule has 2 unspecified atom stereocenters. The molecule has 0 radical (unpaired) electrons. The molecule has 0 N–H and O–H groups in total. The number of hydrogen-bond donors (Lipinski definition) is 0. The highest BCUT2D eigenvalue weighted by atomic mass is 35.5. The smallest absolute Gasteiger partial charge is 0.0588 e. The Morgan fingerprint density at radius 3 is 2.53 bits per heavy atom. The minimum Gasteiger partial charge on any atom is -0.118 e. The van der Waals surface area contributed by atoms with E-state index < -0.39 is 0 Å². The van der Waals surface area contributed by atoms with Crippen LogP contribution in [0.2, 0.25) is 0 Å². The van der Waals surface area contributed by atoms with Gasteiger partial charge in [-0.1, -0.05) is 55.5 Å². The van der Waals surface area contributed by atoms with Gasteiger partial charge in [-0.25, -0.2) is 0 Å². The third kappa shape index (κ3) is 2.69. The van der Waals surface area contributed by atoms with E-state index >= 15 is 0 Å². The summed E-state index contributed by atoms with van der Waals surface area (Å²) in [5.74, 6) is 0.649. The van der Waals surface area contributed by atoms with Crippen molar-refractivity contribution in [2.45, 2.75) is 37.5 Å². The summed E-state index contributed by atoms with van der Waals surface area (Å²) in [6.45, 7) is 2.30. The fourth-order valence-corrected chi connectivity index (χ4v) is 3.31. The van der Waals surface area contributed by atoms with E-state index in [2.05, 4.69) is 55.5 Å². The molecule has 0 amide bonds. The molecule has 3 rings (SSSR count). The molecular formula is C18H19Cl. The average molecular weight is 271 g/mol. The highest BCUT2D eigenvalue weighted by Crippen LogP contribution is 2.41. The molecule has 0 saturated heterocycles. The van der Waals surface area contributed by atoms with Gasteiger partial charge in [0.2, 0.25) is 0 Å². The van der Waals surface area contributed by atoms with Crippen LogP contribution in [-0.4, -0.2) is 0 Å². The second-order valence-electron chi connectivity index (χ2n) is 5.57. The second kappa shape index (κ2) is 5.38. The van der Waals surface area contributed by atoms with E-state index in [1.54, 1.807) is 0 Å². The quantitative estimate of drug-likeness (QED) is 0.636. The Morgan fingerprint density at radius 2 is 1.74 bits per heavy atom. The molecule has 1 heteroatoms. The van der Waals surface area contributed by atoms with Gasteiger partial charge in [0.05, 0.1) is 5.38 Å². The van der Waals surface area contributed by atoms with Gasteiger partial charge in [-0.15, -0.1) is 11.6 Å². The number of rotatable bonds is 2. The summed E-state index contributed by atoms with van der Waals surface area (Å²) in [6, 6.07) is 17.5. The first-order chi connectivity index (χ1) is 9.24. The van der Waals surface area contributed by atoms with E-state index in [9.17, 15) is 0 Å². The topological polar surface area (TPSA) is 0 Å². The maximum atomic E-state index is 6.49. The highest BCUT2D eigenvalue weighted by Gasteiger charge is 2.23. The fourth-order valence-electron chi connectivity index (χ4n) is 2.99. The Labute approximate surface area is 120 Å².